The molecule has 0 aliphatic heterocycles. The van der Waals surface area contributed by atoms with Crippen molar-refractivity contribution in [3.63, 3.8) is 0 Å². The van der Waals surface area contributed by atoms with Gasteiger partial charge in [-0.15, -0.1) is 11.3 Å². The molecule has 1 rings (SSSR count). The number of esters is 1. The summed E-state index contributed by atoms with van der Waals surface area (Å²) in [5, 5.41) is 20.3. The maximum absolute atomic E-state index is 11.7. The fourth-order valence-corrected chi connectivity index (χ4v) is 2.60. The summed E-state index contributed by atoms with van der Waals surface area (Å²) in [4.78, 5) is 34.0. The summed E-state index contributed by atoms with van der Waals surface area (Å²) in [6.07, 6.45) is -0.505. The first-order chi connectivity index (χ1) is 9.90. The Morgan fingerprint density at radius 1 is 1.38 bits per heavy atom. The van der Waals surface area contributed by atoms with Crippen molar-refractivity contribution in [1.29, 1.82) is 5.26 Å². The van der Waals surface area contributed by atoms with Crippen LogP contribution >= 0.6 is 11.3 Å². The lowest BCUT2D eigenvalue weighted by Gasteiger charge is -2.01. The van der Waals surface area contributed by atoms with Crippen LogP contribution in [0.25, 0.3) is 0 Å². The lowest BCUT2D eigenvalue weighted by molar-refractivity contribution is -0.138. The average Bonchev–Trinajstić information content (AvgIpc) is 2.73. The van der Waals surface area contributed by atoms with Gasteiger partial charge in [0, 0.05) is 6.42 Å². The second-order valence-electron chi connectivity index (χ2n) is 4.03. The Labute approximate surface area is 125 Å². The molecule has 1 amide bonds. The topological polar surface area (TPSA) is 116 Å². The molecule has 0 aromatic carbocycles. The highest BCUT2D eigenvalue weighted by atomic mass is 32.1. The summed E-state index contributed by atoms with van der Waals surface area (Å²) < 4.78 is 4.88. The summed E-state index contributed by atoms with van der Waals surface area (Å²) in [6, 6.07) is 1.92. The van der Waals surface area contributed by atoms with Gasteiger partial charge in [-0.1, -0.05) is 0 Å². The van der Waals surface area contributed by atoms with Gasteiger partial charge in [-0.3, -0.25) is 9.59 Å². The number of carboxylic acid groups (broad SMARTS) is 1. The molecule has 0 aliphatic rings. The molecule has 1 aromatic heterocycles. The van der Waals surface area contributed by atoms with Gasteiger partial charge in [-0.2, -0.15) is 5.26 Å². The van der Waals surface area contributed by atoms with E-state index in [2.05, 4.69) is 5.32 Å². The van der Waals surface area contributed by atoms with Crippen molar-refractivity contribution in [3.8, 4) is 6.07 Å². The van der Waals surface area contributed by atoms with E-state index in [0.29, 0.717) is 5.56 Å². The van der Waals surface area contributed by atoms with E-state index in [1.165, 1.54) is 0 Å². The number of nitrogens with zero attached hydrogens (tertiary/aromatic N) is 1. The van der Waals surface area contributed by atoms with Gasteiger partial charge in [0.2, 0.25) is 5.91 Å². The fraction of sp³-hybridized carbons (Fsp3) is 0.385. The zero-order chi connectivity index (χ0) is 16.0. The van der Waals surface area contributed by atoms with Gasteiger partial charge in [-0.25, -0.2) is 4.79 Å². The molecule has 21 heavy (non-hydrogen) atoms. The second kappa shape index (κ2) is 7.40. The predicted molar refractivity (Wildman–Crippen MR) is 75.2 cm³/mol. The van der Waals surface area contributed by atoms with Crippen LogP contribution in [0.2, 0.25) is 0 Å². The number of hydrogen-bond acceptors (Lipinski definition) is 6. The Kier molecular flexibility index (Phi) is 5.87. The molecule has 0 aliphatic carbocycles. The number of carboxylic acids is 1. The highest BCUT2D eigenvalue weighted by Gasteiger charge is 2.22. The van der Waals surface area contributed by atoms with E-state index in [1.807, 2.05) is 6.07 Å². The number of rotatable bonds is 6. The van der Waals surface area contributed by atoms with Crippen LogP contribution < -0.4 is 5.32 Å². The standard InChI is InChI=1S/C13H14N2O5S/c1-3-20-13(19)11-7(2)8(6-14)12(21-11)15-9(16)4-5-10(17)18/h3-5H2,1-2H3,(H,15,16)(H,17,18). The minimum absolute atomic E-state index is 0.187. The van der Waals surface area contributed by atoms with Crippen molar-refractivity contribution in [1.82, 2.24) is 0 Å². The molecule has 0 fully saturated rings. The number of nitriles is 1. The van der Waals surface area contributed by atoms with Gasteiger partial charge < -0.3 is 15.2 Å². The van der Waals surface area contributed by atoms with E-state index < -0.39 is 17.8 Å². The Bertz CT molecular complexity index is 615. The number of carbonyl (C=O) groups is 3. The molecule has 8 heteroatoms. The lowest BCUT2D eigenvalue weighted by atomic mass is 10.1. The summed E-state index contributed by atoms with van der Waals surface area (Å²) in [7, 11) is 0. The minimum atomic E-state index is -1.08. The van der Waals surface area contributed by atoms with Crippen LogP contribution in [-0.4, -0.2) is 29.6 Å². The molecular formula is C13H14N2O5S. The smallest absolute Gasteiger partial charge is 0.348 e. The quantitative estimate of drug-likeness (QED) is 0.775. The third-order valence-electron chi connectivity index (χ3n) is 2.54. The van der Waals surface area contributed by atoms with Crippen molar-refractivity contribution in [2.24, 2.45) is 0 Å². The Hall–Kier alpha value is -2.40. The SMILES string of the molecule is CCOC(=O)c1sc(NC(=O)CCC(=O)O)c(C#N)c1C. The zero-order valence-electron chi connectivity index (χ0n) is 11.6. The van der Waals surface area contributed by atoms with Crippen LogP contribution in [0.1, 0.15) is 40.6 Å². The van der Waals surface area contributed by atoms with Crippen LogP contribution in [0.15, 0.2) is 0 Å². The Morgan fingerprint density at radius 2 is 2.05 bits per heavy atom. The zero-order valence-corrected chi connectivity index (χ0v) is 12.4. The highest BCUT2D eigenvalue weighted by Crippen LogP contribution is 2.33. The van der Waals surface area contributed by atoms with E-state index >= 15 is 0 Å². The summed E-state index contributed by atoms with van der Waals surface area (Å²) >= 11 is 0.945. The van der Waals surface area contributed by atoms with Crippen LogP contribution in [0, 0.1) is 18.3 Å². The molecule has 0 unspecified atom stereocenters. The third-order valence-corrected chi connectivity index (χ3v) is 3.73. The fourth-order valence-electron chi connectivity index (χ4n) is 1.54. The van der Waals surface area contributed by atoms with Gasteiger partial charge in [-0.05, 0) is 19.4 Å². The molecule has 0 spiro atoms. The summed E-state index contributed by atoms with van der Waals surface area (Å²) in [5.74, 6) is -2.16. The number of amides is 1. The van der Waals surface area contributed by atoms with Crippen LogP contribution in [0.4, 0.5) is 5.00 Å². The van der Waals surface area contributed by atoms with Crippen LogP contribution in [0.3, 0.4) is 0 Å². The second-order valence-corrected chi connectivity index (χ2v) is 5.06. The Morgan fingerprint density at radius 3 is 2.57 bits per heavy atom. The van der Waals surface area contributed by atoms with Crippen molar-refractivity contribution in [3.05, 3.63) is 16.0 Å². The number of aliphatic carboxylic acids is 1. The molecular weight excluding hydrogens is 296 g/mol. The molecule has 0 saturated heterocycles. The molecule has 0 bridgehead atoms. The lowest BCUT2D eigenvalue weighted by Crippen LogP contribution is -2.13. The number of nitrogens with one attached hydrogen (secondary N) is 1. The van der Waals surface area contributed by atoms with Crippen molar-refractivity contribution in [2.45, 2.75) is 26.7 Å². The highest BCUT2D eigenvalue weighted by molar-refractivity contribution is 7.18. The first kappa shape index (κ1) is 16.7. The number of anilines is 1. The molecule has 0 atom stereocenters. The molecule has 1 heterocycles. The van der Waals surface area contributed by atoms with Gasteiger partial charge >= 0.3 is 11.9 Å². The van der Waals surface area contributed by atoms with E-state index in [9.17, 15) is 14.4 Å². The first-order valence-corrected chi connectivity index (χ1v) is 6.94. The normalized spacial score (nSPS) is 9.76. The summed E-state index contributed by atoms with van der Waals surface area (Å²) in [5.41, 5.74) is 0.626. The van der Waals surface area contributed by atoms with Gasteiger partial charge in [0.25, 0.3) is 0 Å². The van der Waals surface area contributed by atoms with E-state index in [1.54, 1.807) is 13.8 Å². The summed E-state index contributed by atoms with van der Waals surface area (Å²) in [6.45, 7) is 3.47. The Balaban J connectivity index is 2.95. The third kappa shape index (κ3) is 4.29. The van der Waals surface area contributed by atoms with E-state index in [0.717, 1.165) is 11.3 Å². The molecule has 0 radical (unpaired) electrons. The van der Waals surface area contributed by atoms with Crippen molar-refractivity contribution in [2.75, 3.05) is 11.9 Å². The predicted octanol–water partition coefficient (Wildman–Crippen LogP) is 1.91. The van der Waals surface area contributed by atoms with E-state index in [-0.39, 0.29) is 34.9 Å². The number of ether oxygens (including phenoxy) is 1. The van der Waals surface area contributed by atoms with Crippen molar-refractivity contribution >= 4 is 34.2 Å². The van der Waals surface area contributed by atoms with Gasteiger partial charge in [0.05, 0.1) is 18.6 Å². The van der Waals surface area contributed by atoms with Gasteiger partial charge in [0.15, 0.2) is 0 Å². The maximum atomic E-state index is 11.7. The molecule has 0 saturated carbocycles. The molecule has 2 N–H and O–H groups in total. The van der Waals surface area contributed by atoms with E-state index in [4.69, 9.17) is 15.1 Å². The molecule has 1 aromatic rings. The number of hydrogen-bond donors (Lipinski definition) is 2. The number of carbonyl (C=O) groups excluding carboxylic acids is 2. The average molecular weight is 310 g/mol. The first-order valence-electron chi connectivity index (χ1n) is 6.12. The van der Waals surface area contributed by atoms with Crippen LogP contribution in [0.5, 0.6) is 0 Å². The van der Waals surface area contributed by atoms with Crippen molar-refractivity contribution < 1.29 is 24.2 Å². The largest absolute Gasteiger partial charge is 0.481 e. The minimum Gasteiger partial charge on any atom is -0.481 e. The maximum Gasteiger partial charge on any atom is 0.348 e. The number of thiophene rings is 1. The molecule has 7 nitrogen and oxygen atoms in total. The van der Waals surface area contributed by atoms with Gasteiger partial charge in [0.1, 0.15) is 15.9 Å². The monoisotopic (exact) mass is 310 g/mol. The van der Waals surface area contributed by atoms with Crippen LogP contribution in [-0.2, 0) is 14.3 Å². The molecule has 112 valence electrons.